The summed E-state index contributed by atoms with van der Waals surface area (Å²) in [5.74, 6) is 1.08. The number of phenols is 1. The SMILES string of the molecule is C=C(NCC)n1c2ccccc2c2ccc(O)cc21. The van der Waals surface area contributed by atoms with Gasteiger partial charge in [0.1, 0.15) is 11.6 Å². The molecule has 0 spiro atoms. The Morgan fingerprint density at radius 1 is 1.16 bits per heavy atom. The molecule has 96 valence electrons. The van der Waals surface area contributed by atoms with Gasteiger partial charge >= 0.3 is 0 Å². The maximum atomic E-state index is 9.73. The molecule has 3 rings (SSSR count). The van der Waals surface area contributed by atoms with Crippen molar-refractivity contribution in [2.75, 3.05) is 6.54 Å². The van der Waals surface area contributed by atoms with Crippen LogP contribution in [0.25, 0.3) is 27.6 Å². The van der Waals surface area contributed by atoms with Crippen molar-refractivity contribution in [3.05, 3.63) is 49.0 Å². The normalized spacial score (nSPS) is 11.0. The lowest BCUT2D eigenvalue weighted by Gasteiger charge is -2.11. The van der Waals surface area contributed by atoms with E-state index in [1.54, 1.807) is 12.1 Å². The molecule has 0 radical (unpaired) electrons. The van der Waals surface area contributed by atoms with Gasteiger partial charge in [0, 0.05) is 23.4 Å². The van der Waals surface area contributed by atoms with Gasteiger partial charge in [0.15, 0.2) is 0 Å². The lowest BCUT2D eigenvalue weighted by Crippen LogP contribution is -2.15. The third-order valence-corrected chi connectivity index (χ3v) is 3.31. The van der Waals surface area contributed by atoms with Crippen LogP contribution in [-0.2, 0) is 0 Å². The van der Waals surface area contributed by atoms with Gasteiger partial charge in [-0.3, -0.25) is 4.57 Å². The first kappa shape index (κ1) is 11.7. The molecule has 1 heterocycles. The second-order valence-electron chi connectivity index (χ2n) is 4.53. The number of benzene rings is 2. The molecule has 0 bridgehead atoms. The highest BCUT2D eigenvalue weighted by Crippen LogP contribution is 2.32. The molecule has 0 aliphatic heterocycles. The van der Waals surface area contributed by atoms with Gasteiger partial charge in [-0.25, -0.2) is 0 Å². The summed E-state index contributed by atoms with van der Waals surface area (Å²) in [4.78, 5) is 0. The first-order valence-electron chi connectivity index (χ1n) is 6.37. The van der Waals surface area contributed by atoms with Crippen LogP contribution in [-0.4, -0.2) is 16.2 Å². The van der Waals surface area contributed by atoms with Crippen LogP contribution in [0.2, 0.25) is 0 Å². The largest absolute Gasteiger partial charge is 0.508 e. The number of hydrogen-bond acceptors (Lipinski definition) is 2. The first-order chi connectivity index (χ1) is 9.22. The molecule has 0 atom stereocenters. The monoisotopic (exact) mass is 252 g/mol. The van der Waals surface area contributed by atoms with E-state index in [0.717, 1.165) is 34.2 Å². The summed E-state index contributed by atoms with van der Waals surface area (Å²) >= 11 is 0. The highest BCUT2D eigenvalue weighted by Gasteiger charge is 2.12. The van der Waals surface area contributed by atoms with Crippen LogP contribution in [0.15, 0.2) is 49.0 Å². The number of hydrogen-bond donors (Lipinski definition) is 2. The van der Waals surface area contributed by atoms with E-state index in [1.807, 2.05) is 29.7 Å². The molecular formula is C16H16N2O. The summed E-state index contributed by atoms with van der Waals surface area (Å²) in [6, 6.07) is 13.6. The van der Waals surface area contributed by atoms with E-state index >= 15 is 0 Å². The van der Waals surface area contributed by atoms with Crippen molar-refractivity contribution in [1.29, 1.82) is 0 Å². The molecule has 0 unspecified atom stereocenters. The van der Waals surface area contributed by atoms with Gasteiger partial charge in [0.2, 0.25) is 0 Å². The zero-order chi connectivity index (χ0) is 13.4. The summed E-state index contributed by atoms with van der Waals surface area (Å²) in [7, 11) is 0. The summed E-state index contributed by atoms with van der Waals surface area (Å²) < 4.78 is 2.05. The molecule has 3 nitrogen and oxygen atoms in total. The van der Waals surface area contributed by atoms with Crippen LogP contribution < -0.4 is 5.32 Å². The fourth-order valence-corrected chi connectivity index (χ4v) is 2.53. The fraction of sp³-hybridized carbons (Fsp3) is 0.125. The quantitative estimate of drug-likeness (QED) is 0.748. The summed E-state index contributed by atoms with van der Waals surface area (Å²) in [6.45, 7) is 6.94. The standard InChI is InChI=1S/C16H16N2O/c1-3-17-11(2)18-15-7-5-4-6-13(15)14-9-8-12(19)10-16(14)18/h4-10,17,19H,2-3H2,1H3. The molecule has 0 aliphatic rings. The summed E-state index contributed by atoms with van der Waals surface area (Å²) in [5, 5.41) is 15.2. The fourth-order valence-electron chi connectivity index (χ4n) is 2.53. The minimum Gasteiger partial charge on any atom is -0.508 e. The molecule has 0 saturated carbocycles. The van der Waals surface area contributed by atoms with Gasteiger partial charge in [-0.05, 0) is 25.1 Å². The summed E-state index contributed by atoms with van der Waals surface area (Å²) in [6.07, 6.45) is 0. The Balaban J connectivity index is 2.43. The molecule has 2 N–H and O–H groups in total. The third kappa shape index (κ3) is 1.74. The van der Waals surface area contributed by atoms with Crippen molar-refractivity contribution >= 4 is 27.6 Å². The van der Waals surface area contributed by atoms with Crippen molar-refractivity contribution in [1.82, 2.24) is 9.88 Å². The van der Waals surface area contributed by atoms with Crippen LogP contribution in [0.3, 0.4) is 0 Å². The molecule has 0 aliphatic carbocycles. The zero-order valence-electron chi connectivity index (χ0n) is 10.9. The number of rotatable bonds is 3. The molecule has 3 heteroatoms. The minimum atomic E-state index is 0.265. The second-order valence-corrected chi connectivity index (χ2v) is 4.53. The average Bonchev–Trinajstić information content (AvgIpc) is 2.72. The third-order valence-electron chi connectivity index (χ3n) is 3.31. The topological polar surface area (TPSA) is 37.2 Å². The number of para-hydroxylation sites is 1. The minimum absolute atomic E-state index is 0.265. The van der Waals surface area contributed by atoms with E-state index in [9.17, 15) is 5.11 Å². The van der Waals surface area contributed by atoms with Crippen LogP contribution >= 0.6 is 0 Å². The highest BCUT2D eigenvalue weighted by molar-refractivity contribution is 6.10. The van der Waals surface area contributed by atoms with Gasteiger partial charge in [0.05, 0.1) is 11.0 Å². The number of aromatic hydroxyl groups is 1. The Kier molecular flexibility index (Phi) is 2.67. The molecular weight excluding hydrogens is 236 g/mol. The van der Waals surface area contributed by atoms with Gasteiger partial charge in [0.25, 0.3) is 0 Å². The maximum absolute atomic E-state index is 9.73. The molecule has 0 amide bonds. The smallest absolute Gasteiger partial charge is 0.117 e. The number of phenolic OH excluding ortho intramolecular Hbond substituents is 1. The Labute approximate surface area is 111 Å². The van der Waals surface area contributed by atoms with E-state index in [2.05, 4.69) is 24.0 Å². The van der Waals surface area contributed by atoms with Crippen molar-refractivity contribution < 1.29 is 5.11 Å². The predicted molar refractivity (Wildman–Crippen MR) is 80.1 cm³/mol. The highest BCUT2D eigenvalue weighted by atomic mass is 16.3. The van der Waals surface area contributed by atoms with Crippen molar-refractivity contribution in [3.8, 4) is 5.75 Å². The molecule has 3 aromatic rings. The lowest BCUT2D eigenvalue weighted by molar-refractivity contribution is 0.476. The van der Waals surface area contributed by atoms with Crippen LogP contribution in [0.5, 0.6) is 5.75 Å². The van der Waals surface area contributed by atoms with E-state index < -0.39 is 0 Å². The van der Waals surface area contributed by atoms with Gasteiger partial charge < -0.3 is 10.4 Å². The maximum Gasteiger partial charge on any atom is 0.117 e. The second kappa shape index (κ2) is 4.35. The summed E-state index contributed by atoms with van der Waals surface area (Å²) in [5.41, 5.74) is 2.06. The predicted octanol–water partition coefficient (Wildman–Crippen LogP) is 3.54. The number of nitrogens with one attached hydrogen (secondary N) is 1. The Hall–Kier alpha value is -2.42. The van der Waals surface area contributed by atoms with Crippen molar-refractivity contribution in [2.45, 2.75) is 6.92 Å². The van der Waals surface area contributed by atoms with Gasteiger partial charge in [-0.15, -0.1) is 0 Å². The number of nitrogens with zero attached hydrogens (tertiary/aromatic N) is 1. The number of fused-ring (bicyclic) bond motifs is 3. The average molecular weight is 252 g/mol. The van der Waals surface area contributed by atoms with E-state index in [0.29, 0.717) is 0 Å². The Morgan fingerprint density at radius 2 is 1.89 bits per heavy atom. The molecule has 1 aromatic heterocycles. The van der Waals surface area contributed by atoms with E-state index in [4.69, 9.17) is 0 Å². The molecule has 0 fully saturated rings. The van der Waals surface area contributed by atoms with Gasteiger partial charge in [-0.2, -0.15) is 0 Å². The van der Waals surface area contributed by atoms with Gasteiger partial charge in [-0.1, -0.05) is 24.8 Å². The van der Waals surface area contributed by atoms with E-state index in [-0.39, 0.29) is 5.75 Å². The van der Waals surface area contributed by atoms with Crippen molar-refractivity contribution in [2.24, 2.45) is 0 Å². The molecule has 0 saturated heterocycles. The molecule has 2 aromatic carbocycles. The van der Waals surface area contributed by atoms with E-state index in [1.165, 1.54) is 0 Å². The Bertz CT molecular complexity index is 771. The van der Waals surface area contributed by atoms with Crippen LogP contribution in [0.4, 0.5) is 0 Å². The van der Waals surface area contributed by atoms with Crippen LogP contribution in [0, 0.1) is 0 Å². The lowest BCUT2D eigenvalue weighted by atomic mass is 10.1. The van der Waals surface area contributed by atoms with Crippen LogP contribution in [0.1, 0.15) is 6.92 Å². The van der Waals surface area contributed by atoms with Crippen molar-refractivity contribution in [3.63, 3.8) is 0 Å². The molecule has 19 heavy (non-hydrogen) atoms. The Morgan fingerprint density at radius 3 is 2.68 bits per heavy atom. The first-order valence-corrected chi connectivity index (χ1v) is 6.37. The zero-order valence-corrected chi connectivity index (χ0v) is 10.9. The number of aromatic nitrogens is 1.